The molecule has 3 heterocycles. The Balaban J connectivity index is 1.85. The van der Waals surface area contributed by atoms with Crippen molar-refractivity contribution in [2.45, 2.75) is 26.4 Å². The Bertz CT molecular complexity index is 801. The molecular formula is C17H22N6O3. The van der Waals surface area contributed by atoms with Gasteiger partial charge in [-0.05, 0) is 13.3 Å². The number of carbonyl (C=O) groups excluding carboxylic acids is 2. The molecule has 0 aromatic carbocycles. The molecule has 0 unspecified atom stereocenters. The summed E-state index contributed by atoms with van der Waals surface area (Å²) in [6.45, 7) is 4.02. The minimum atomic E-state index is -0.274. The fourth-order valence-corrected chi connectivity index (χ4v) is 2.82. The summed E-state index contributed by atoms with van der Waals surface area (Å²) < 4.78 is 6.83. The van der Waals surface area contributed by atoms with Gasteiger partial charge in [0.15, 0.2) is 5.75 Å². The van der Waals surface area contributed by atoms with Gasteiger partial charge in [-0.3, -0.25) is 14.3 Å². The van der Waals surface area contributed by atoms with Crippen LogP contribution in [0.5, 0.6) is 5.75 Å². The highest BCUT2D eigenvalue weighted by atomic mass is 16.5. The number of amides is 2. The monoisotopic (exact) mass is 358 g/mol. The molecule has 138 valence electrons. The summed E-state index contributed by atoms with van der Waals surface area (Å²) in [7, 11) is 3.26. The van der Waals surface area contributed by atoms with Crippen LogP contribution in [0.25, 0.3) is 0 Å². The number of nitrogens with zero attached hydrogens (tertiary/aromatic N) is 6. The van der Waals surface area contributed by atoms with Gasteiger partial charge in [-0.1, -0.05) is 0 Å². The highest BCUT2D eigenvalue weighted by Crippen LogP contribution is 2.19. The maximum absolute atomic E-state index is 12.8. The van der Waals surface area contributed by atoms with Crippen molar-refractivity contribution >= 4 is 11.8 Å². The Kier molecular flexibility index (Phi) is 5.15. The van der Waals surface area contributed by atoms with Crippen LogP contribution >= 0.6 is 0 Å². The van der Waals surface area contributed by atoms with Gasteiger partial charge < -0.3 is 14.5 Å². The average molecular weight is 358 g/mol. The second-order valence-corrected chi connectivity index (χ2v) is 6.07. The number of hydrogen-bond acceptors (Lipinski definition) is 6. The topological polar surface area (TPSA) is 93.5 Å². The van der Waals surface area contributed by atoms with Crippen LogP contribution in [0.4, 0.5) is 0 Å². The van der Waals surface area contributed by atoms with E-state index in [-0.39, 0.29) is 17.6 Å². The molecule has 9 heteroatoms. The van der Waals surface area contributed by atoms with Gasteiger partial charge in [0.25, 0.3) is 11.8 Å². The van der Waals surface area contributed by atoms with E-state index >= 15 is 0 Å². The molecule has 0 fully saturated rings. The first kappa shape index (κ1) is 17.8. The number of aryl methyl sites for hydroxylation is 1. The molecule has 0 saturated carbocycles. The lowest BCUT2D eigenvalue weighted by atomic mass is 10.2. The molecule has 0 spiro atoms. The highest BCUT2D eigenvalue weighted by molar-refractivity contribution is 5.95. The third-order valence-electron chi connectivity index (χ3n) is 4.48. The first-order valence-electron chi connectivity index (χ1n) is 8.50. The summed E-state index contributed by atoms with van der Waals surface area (Å²) in [4.78, 5) is 36.8. The van der Waals surface area contributed by atoms with E-state index in [0.29, 0.717) is 37.5 Å². The summed E-state index contributed by atoms with van der Waals surface area (Å²) in [5.41, 5.74) is 1.28. The van der Waals surface area contributed by atoms with E-state index in [4.69, 9.17) is 4.74 Å². The first-order valence-corrected chi connectivity index (χ1v) is 8.50. The lowest BCUT2D eigenvalue weighted by molar-refractivity contribution is 0.0725. The summed E-state index contributed by atoms with van der Waals surface area (Å²) >= 11 is 0. The third kappa shape index (κ3) is 3.37. The van der Waals surface area contributed by atoms with Gasteiger partial charge >= 0.3 is 0 Å². The highest BCUT2D eigenvalue weighted by Gasteiger charge is 2.27. The zero-order valence-electron chi connectivity index (χ0n) is 15.2. The smallest absolute Gasteiger partial charge is 0.292 e. The van der Waals surface area contributed by atoms with E-state index < -0.39 is 0 Å². The quantitative estimate of drug-likeness (QED) is 0.803. The molecular weight excluding hydrogens is 336 g/mol. The van der Waals surface area contributed by atoms with E-state index in [1.54, 1.807) is 27.7 Å². The predicted octanol–water partition coefficient (Wildman–Crippen LogP) is 0.820. The summed E-state index contributed by atoms with van der Waals surface area (Å²) in [6, 6.07) is 0. The van der Waals surface area contributed by atoms with Crippen LogP contribution in [0, 0.1) is 0 Å². The zero-order valence-corrected chi connectivity index (χ0v) is 15.2. The summed E-state index contributed by atoms with van der Waals surface area (Å²) in [6.07, 6.45) is 5.26. The number of methoxy groups -OCH3 is 1. The van der Waals surface area contributed by atoms with Crippen molar-refractivity contribution in [1.82, 2.24) is 29.5 Å². The molecule has 2 aromatic heterocycles. The van der Waals surface area contributed by atoms with Crippen LogP contribution in [0.1, 0.15) is 40.0 Å². The van der Waals surface area contributed by atoms with Crippen molar-refractivity contribution in [2.24, 2.45) is 0 Å². The van der Waals surface area contributed by atoms with Crippen molar-refractivity contribution in [1.29, 1.82) is 0 Å². The van der Waals surface area contributed by atoms with Gasteiger partial charge in [0.2, 0.25) is 5.82 Å². The molecule has 26 heavy (non-hydrogen) atoms. The van der Waals surface area contributed by atoms with Crippen LogP contribution < -0.4 is 4.74 Å². The first-order chi connectivity index (χ1) is 12.5. The fourth-order valence-electron chi connectivity index (χ4n) is 2.82. The van der Waals surface area contributed by atoms with Crippen molar-refractivity contribution in [3.8, 4) is 5.75 Å². The lowest BCUT2D eigenvalue weighted by Crippen LogP contribution is -2.33. The minimum absolute atomic E-state index is 0.0938. The van der Waals surface area contributed by atoms with Crippen molar-refractivity contribution in [3.63, 3.8) is 0 Å². The van der Waals surface area contributed by atoms with Gasteiger partial charge in [0, 0.05) is 26.7 Å². The zero-order chi connectivity index (χ0) is 18.7. The van der Waals surface area contributed by atoms with Gasteiger partial charge in [-0.15, -0.1) is 0 Å². The number of ether oxygens (including phenoxy) is 1. The Morgan fingerprint density at radius 2 is 1.96 bits per heavy atom. The molecule has 2 aromatic rings. The van der Waals surface area contributed by atoms with Crippen LogP contribution in [0.3, 0.4) is 0 Å². The molecule has 9 nitrogen and oxygen atoms in total. The molecule has 3 rings (SSSR count). The van der Waals surface area contributed by atoms with Gasteiger partial charge in [-0.2, -0.15) is 5.10 Å². The van der Waals surface area contributed by atoms with Gasteiger partial charge in [-0.25, -0.2) is 9.97 Å². The van der Waals surface area contributed by atoms with Gasteiger partial charge in [0.1, 0.15) is 0 Å². The molecule has 0 radical (unpaired) electrons. The Morgan fingerprint density at radius 1 is 1.23 bits per heavy atom. The SMILES string of the molecule is CCN(C)C(=O)c1cnn2c1CN(C(=O)c1ncc(OC)cn1)CCC2. The van der Waals surface area contributed by atoms with E-state index in [1.165, 1.54) is 19.5 Å². The molecule has 0 N–H and O–H groups in total. The van der Waals surface area contributed by atoms with Crippen LogP contribution in [0.15, 0.2) is 18.6 Å². The fraction of sp³-hybridized carbons (Fsp3) is 0.471. The van der Waals surface area contributed by atoms with Crippen LogP contribution in [-0.2, 0) is 13.1 Å². The number of hydrogen-bond donors (Lipinski definition) is 0. The van der Waals surface area contributed by atoms with Gasteiger partial charge in [0.05, 0.1) is 43.5 Å². The average Bonchev–Trinajstić information content (AvgIpc) is 2.95. The number of carbonyl (C=O) groups is 2. The predicted molar refractivity (Wildman–Crippen MR) is 92.8 cm³/mol. The Hall–Kier alpha value is -2.97. The second-order valence-electron chi connectivity index (χ2n) is 6.07. The molecule has 0 atom stereocenters. The number of aromatic nitrogens is 4. The third-order valence-corrected chi connectivity index (χ3v) is 4.48. The molecule has 2 amide bonds. The molecule has 0 bridgehead atoms. The summed E-state index contributed by atoms with van der Waals surface area (Å²) in [5.74, 6) is 0.233. The van der Waals surface area contributed by atoms with E-state index in [9.17, 15) is 9.59 Å². The second kappa shape index (κ2) is 7.51. The number of rotatable bonds is 4. The largest absolute Gasteiger partial charge is 0.494 e. The molecule has 0 aliphatic carbocycles. The molecule has 0 saturated heterocycles. The maximum atomic E-state index is 12.8. The Morgan fingerprint density at radius 3 is 2.62 bits per heavy atom. The van der Waals surface area contributed by atoms with Crippen molar-refractivity contribution in [3.05, 3.63) is 35.7 Å². The van der Waals surface area contributed by atoms with Crippen molar-refractivity contribution in [2.75, 3.05) is 27.2 Å². The van der Waals surface area contributed by atoms with Crippen molar-refractivity contribution < 1.29 is 14.3 Å². The standard InChI is InChI=1S/C17H22N6O3/c1-4-21(2)16(24)13-10-20-23-7-5-6-22(11-14(13)23)17(25)15-18-8-12(26-3)9-19-15/h8-10H,4-7,11H2,1-3H3. The minimum Gasteiger partial charge on any atom is -0.494 e. The van der Waals surface area contributed by atoms with E-state index in [0.717, 1.165) is 12.1 Å². The lowest BCUT2D eigenvalue weighted by Gasteiger charge is -2.20. The van der Waals surface area contributed by atoms with E-state index in [1.807, 2.05) is 6.92 Å². The molecule has 1 aliphatic rings. The van der Waals surface area contributed by atoms with Crippen LogP contribution in [-0.4, -0.2) is 68.6 Å². The summed E-state index contributed by atoms with van der Waals surface area (Å²) in [5, 5.41) is 4.33. The normalized spacial score (nSPS) is 13.7. The Labute approximate surface area is 151 Å². The van der Waals surface area contributed by atoms with Crippen LogP contribution in [0.2, 0.25) is 0 Å². The maximum Gasteiger partial charge on any atom is 0.292 e. The molecule has 1 aliphatic heterocycles. The number of fused-ring (bicyclic) bond motifs is 1. The van der Waals surface area contributed by atoms with E-state index in [2.05, 4.69) is 15.1 Å².